The van der Waals surface area contributed by atoms with Crippen molar-refractivity contribution in [2.24, 2.45) is 0 Å². The SMILES string of the molecule is OCc1cn(Cc2ccc(Br)s2)nn1. The smallest absolute Gasteiger partial charge is 0.108 e. The first kappa shape index (κ1) is 9.82. The summed E-state index contributed by atoms with van der Waals surface area (Å²) >= 11 is 5.06. The van der Waals surface area contributed by atoms with Crippen molar-refractivity contribution in [3.63, 3.8) is 0 Å². The molecule has 0 atom stereocenters. The Hall–Kier alpha value is -0.720. The summed E-state index contributed by atoms with van der Waals surface area (Å²) in [7, 11) is 0. The van der Waals surface area contributed by atoms with Crippen LogP contribution in [0.4, 0.5) is 0 Å². The fraction of sp³-hybridized carbons (Fsp3) is 0.250. The molecule has 0 fully saturated rings. The lowest BCUT2D eigenvalue weighted by Gasteiger charge is -1.94. The molecule has 0 saturated heterocycles. The number of aliphatic hydroxyl groups excluding tert-OH is 1. The number of aliphatic hydroxyl groups is 1. The van der Waals surface area contributed by atoms with Crippen molar-refractivity contribution in [1.82, 2.24) is 15.0 Å². The predicted molar refractivity (Wildman–Crippen MR) is 57.1 cm³/mol. The van der Waals surface area contributed by atoms with Crippen molar-refractivity contribution < 1.29 is 5.11 Å². The second-order valence-electron chi connectivity index (χ2n) is 2.77. The Morgan fingerprint density at radius 2 is 2.36 bits per heavy atom. The first-order chi connectivity index (χ1) is 6.78. The van der Waals surface area contributed by atoms with E-state index in [1.807, 2.05) is 12.1 Å². The molecule has 74 valence electrons. The molecular formula is C8H8BrN3OS. The number of rotatable bonds is 3. The molecule has 0 amide bonds. The average Bonchev–Trinajstić information content (AvgIpc) is 2.76. The van der Waals surface area contributed by atoms with Crippen molar-refractivity contribution in [2.45, 2.75) is 13.2 Å². The van der Waals surface area contributed by atoms with Crippen molar-refractivity contribution >= 4 is 27.3 Å². The molecule has 2 aromatic rings. The van der Waals surface area contributed by atoms with Gasteiger partial charge in [-0.2, -0.15) is 0 Å². The van der Waals surface area contributed by atoms with Crippen LogP contribution in [0.3, 0.4) is 0 Å². The zero-order chi connectivity index (χ0) is 9.97. The van der Waals surface area contributed by atoms with Crippen molar-refractivity contribution in [3.05, 3.63) is 32.7 Å². The van der Waals surface area contributed by atoms with Gasteiger partial charge in [0.05, 0.1) is 23.1 Å². The number of aromatic nitrogens is 3. The molecule has 14 heavy (non-hydrogen) atoms. The van der Waals surface area contributed by atoms with E-state index in [9.17, 15) is 0 Å². The van der Waals surface area contributed by atoms with Gasteiger partial charge in [-0.15, -0.1) is 16.4 Å². The number of nitrogens with zero attached hydrogens (tertiary/aromatic N) is 3. The van der Waals surface area contributed by atoms with Gasteiger partial charge in [-0.1, -0.05) is 5.21 Å². The van der Waals surface area contributed by atoms with E-state index in [4.69, 9.17) is 5.11 Å². The highest BCUT2D eigenvalue weighted by molar-refractivity contribution is 9.11. The quantitative estimate of drug-likeness (QED) is 0.925. The van der Waals surface area contributed by atoms with Crippen LogP contribution >= 0.6 is 27.3 Å². The molecule has 2 aromatic heterocycles. The van der Waals surface area contributed by atoms with E-state index in [1.54, 1.807) is 22.2 Å². The fourth-order valence-electron chi connectivity index (χ4n) is 1.08. The van der Waals surface area contributed by atoms with Crippen molar-refractivity contribution in [3.8, 4) is 0 Å². The summed E-state index contributed by atoms with van der Waals surface area (Å²) in [6.07, 6.45) is 1.74. The summed E-state index contributed by atoms with van der Waals surface area (Å²) < 4.78 is 2.82. The third-order valence-corrected chi connectivity index (χ3v) is 3.30. The maximum absolute atomic E-state index is 8.80. The second kappa shape index (κ2) is 4.20. The molecule has 0 aromatic carbocycles. The van der Waals surface area contributed by atoms with Gasteiger partial charge in [-0.25, -0.2) is 4.68 Å². The molecule has 0 radical (unpaired) electrons. The average molecular weight is 274 g/mol. The minimum absolute atomic E-state index is 0.0614. The van der Waals surface area contributed by atoms with Crippen LogP contribution in [0.2, 0.25) is 0 Å². The molecule has 0 saturated carbocycles. The number of hydrogen-bond acceptors (Lipinski definition) is 4. The Bertz CT molecular complexity index is 426. The van der Waals surface area contributed by atoms with Crippen LogP contribution in [0.25, 0.3) is 0 Å². The lowest BCUT2D eigenvalue weighted by atomic mass is 10.4. The van der Waals surface area contributed by atoms with Gasteiger partial charge in [0.25, 0.3) is 0 Å². The van der Waals surface area contributed by atoms with Crippen molar-refractivity contribution in [1.29, 1.82) is 0 Å². The highest BCUT2D eigenvalue weighted by Gasteiger charge is 2.02. The summed E-state index contributed by atoms with van der Waals surface area (Å²) in [6, 6.07) is 4.04. The molecule has 4 nitrogen and oxygen atoms in total. The molecular weight excluding hydrogens is 266 g/mol. The molecule has 0 aliphatic carbocycles. The van der Waals surface area contributed by atoms with Crippen molar-refractivity contribution in [2.75, 3.05) is 0 Å². The van der Waals surface area contributed by atoms with Gasteiger partial charge in [0.2, 0.25) is 0 Å². The summed E-state index contributed by atoms with van der Waals surface area (Å²) in [5.74, 6) is 0. The lowest BCUT2D eigenvalue weighted by molar-refractivity contribution is 0.276. The fourth-order valence-corrected chi connectivity index (χ4v) is 2.56. The van der Waals surface area contributed by atoms with Gasteiger partial charge in [-0.05, 0) is 28.1 Å². The highest BCUT2D eigenvalue weighted by atomic mass is 79.9. The van der Waals surface area contributed by atoms with Gasteiger partial charge in [-0.3, -0.25) is 0 Å². The van der Waals surface area contributed by atoms with Crippen LogP contribution in [-0.2, 0) is 13.2 Å². The van der Waals surface area contributed by atoms with Crippen LogP contribution < -0.4 is 0 Å². The van der Waals surface area contributed by atoms with E-state index in [2.05, 4.69) is 26.2 Å². The number of hydrogen-bond donors (Lipinski definition) is 1. The Labute approximate surface area is 93.3 Å². The highest BCUT2D eigenvalue weighted by Crippen LogP contribution is 2.22. The summed E-state index contributed by atoms with van der Waals surface area (Å²) in [5.41, 5.74) is 0.598. The Kier molecular flexibility index (Phi) is 2.95. The van der Waals surface area contributed by atoms with Crippen LogP contribution in [-0.4, -0.2) is 20.1 Å². The van der Waals surface area contributed by atoms with Crippen LogP contribution in [0.5, 0.6) is 0 Å². The van der Waals surface area contributed by atoms with E-state index in [0.29, 0.717) is 12.2 Å². The molecule has 1 N–H and O–H groups in total. The zero-order valence-corrected chi connectivity index (χ0v) is 9.62. The maximum Gasteiger partial charge on any atom is 0.108 e. The predicted octanol–water partition coefficient (Wildman–Crippen LogP) is 1.64. The van der Waals surface area contributed by atoms with E-state index in [-0.39, 0.29) is 6.61 Å². The second-order valence-corrected chi connectivity index (χ2v) is 5.32. The van der Waals surface area contributed by atoms with Gasteiger partial charge in [0.1, 0.15) is 5.69 Å². The van der Waals surface area contributed by atoms with E-state index in [0.717, 1.165) is 3.79 Å². The topological polar surface area (TPSA) is 50.9 Å². The van der Waals surface area contributed by atoms with Crippen LogP contribution in [0.1, 0.15) is 10.6 Å². The van der Waals surface area contributed by atoms with Crippen LogP contribution in [0.15, 0.2) is 22.1 Å². The molecule has 0 unspecified atom stereocenters. The van der Waals surface area contributed by atoms with Gasteiger partial charge in [0, 0.05) is 4.88 Å². The molecule has 0 aliphatic heterocycles. The summed E-state index contributed by atoms with van der Waals surface area (Å²) in [4.78, 5) is 1.20. The monoisotopic (exact) mass is 273 g/mol. The Morgan fingerprint density at radius 1 is 1.50 bits per heavy atom. The molecule has 0 aliphatic rings. The Morgan fingerprint density at radius 3 is 2.93 bits per heavy atom. The molecule has 2 rings (SSSR count). The third kappa shape index (κ3) is 2.20. The van der Waals surface area contributed by atoms with E-state index >= 15 is 0 Å². The number of halogens is 1. The van der Waals surface area contributed by atoms with Gasteiger partial charge >= 0.3 is 0 Å². The number of thiophene rings is 1. The summed E-state index contributed by atoms with van der Waals surface area (Å²) in [6.45, 7) is 0.636. The van der Waals surface area contributed by atoms with E-state index in [1.165, 1.54) is 4.88 Å². The van der Waals surface area contributed by atoms with Gasteiger partial charge < -0.3 is 5.11 Å². The summed E-state index contributed by atoms with van der Waals surface area (Å²) in [5, 5.41) is 16.5. The first-order valence-corrected chi connectivity index (χ1v) is 5.63. The zero-order valence-electron chi connectivity index (χ0n) is 7.22. The minimum Gasteiger partial charge on any atom is -0.390 e. The maximum atomic E-state index is 8.80. The normalized spacial score (nSPS) is 10.7. The van der Waals surface area contributed by atoms with E-state index < -0.39 is 0 Å². The third-order valence-electron chi connectivity index (χ3n) is 1.69. The lowest BCUT2D eigenvalue weighted by Crippen LogP contribution is -1.97. The van der Waals surface area contributed by atoms with Crippen LogP contribution in [0, 0.1) is 0 Å². The molecule has 0 spiro atoms. The van der Waals surface area contributed by atoms with Gasteiger partial charge in [0.15, 0.2) is 0 Å². The standard InChI is InChI=1S/C8H8BrN3OS/c9-8-2-1-7(14-8)4-12-3-6(5-13)10-11-12/h1-3,13H,4-5H2. The molecule has 2 heterocycles. The Balaban J connectivity index is 2.10. The largest absolute Gasteiger partial charge is 0.390 e. The molecule has 0 bridgehead atoms. The first-order valence-electron chi connectivity index (χ1n) is 4.02. The minimum atomic E-state index is -0.0614. The molecule has 6 heteroatoms.